The van der Waals surface area contributed by atoms with Crippen LogP contribution >= 0.6 is 0 Å². The number of imide groups is 1. The third-order valence-corrected chi connectivity index (χ3v) is 4.41. The minimum atomic E-state index is -1.45. The molecule has 0 spiro atoms. The van der Waals surface area contributed by atoms with Crippen molar-refractivity contribution in [2.24, 2.45) is 0 Å². The Balaban J connectivity index is 1.59. The number of hydrogen-bond donors (Lipinski definition) is 1. The number of carbonyl (C=O) groups is 2. The first kappa shape index (κ1) is 17.4. The van der Waals surface area contributed by atoms with Crippen LogP contribution in [0, 0.1) is 10.1 Å². The van der Waals surface area contributed by atoms with Crippen LogP contribution in [0.4, 0.5) is 10.5 Å². The average Bonchev–Trinajstić information content (AvgIpc) is 3.40. The molecule has 1 unspecified atom stereocenters. The summed E-state index contributed by atoms with van der Waals surface area (Å²) < 4.78 is 10.3. The molecule has 1 aliphatic rings. The number of nitro groups is 1. The van der Waals surface area contributed by atoms with Gasteiger partial charge in [-0.05, 0) is 24.6 Å². The molecule has 11 nitrogen and oxygen atoms in total. The Labute approximate surface area is 157 Å². The molecule has 1 saturated heterocycles. The number of nitro benzene ring substituents is 1. The maximum absolute atomic E-state index is 12.9. The summed E-state index contributed by atoms with van der Waals surface area (Å²) in [6, 6.07) is 8.18. The number of furan rings is 1. The Morgan fingerprint density at radius 1 is 1.29 bits per heavy atom. The van der Waals surface area contributed by atoms with Crippen LogP contribution in [0.15, 0.2) is 51.6 Å². The summed E-state index contributed by atoms with van der Waals surface area (Å²) in [5.41, 5.74) is -1.34. The lowest BCUT2D eigenvalue weighted by molar-refractivity contribution is -0.385. The molecule has 1 aromatic carbocycles. The lowest BCUT2D eigenvalue weighted by Gasteiger charge is -2.21. The molecule has 3 aromatic rings. The lowest BCUT2D eigenvalue weighted by Crippen LogP contribution is -2.40. The zero-order chi connectivity index (χ0) is 19.9. The van der Waals surface area contributed by atoms with Crippen molar-refractivity contribution >= 4 is 17.6 Å². The van der Waals surface area contributed by atoms with E-state index < -0.39 is 22.4 Å². The van der Waals surface area contributed by atoms with Gasteiger partial charge in [0.2, 0.25) is 11.7 Å². The standard InChI is InChI=1S/C17H13N5O6/c1-17(10-4-2-5-11(8-10)22(25)26)15(23)21(16(24)19-17)9-13-18-14(20-28-13)12-6-3-7-27-12/h2-8H,9H2,1H3,(H,19,24). The van der Waals surface area contributed by atoms with Crippen LogP contribution in [0.5, 0.6) is 0 Å². The summed E-state index contributed by atoms with van der Waals surface area (Å²) in [6.45, 7) is 1.23. The monoisotopic (exact) mass is 383 g/mol. The van der Waals surface area contributed by atoms with Crippen LogP contribution in [0.2, 0.25) is 0 Å². The maximum Gasteiger partial charge on any atom is 0.325 e. The molecule has 1 N–H and O–H groups in total. The second-order valence-corrected chi connectivity index (χ2v) is 6.24. The van der Waals surface area contributed by atoms with Crippen LogP contribution < -0.4 is 5.32 Å². The molecule has 3 heterocycles. The van der Waals surface area contributed by atoms with Crippen molar-refractivity contribution in [2.75, 3.05) is 0 Å². The van der Waals surface area contributed by atoms with Crippen molar-refractivity contribution in [1.82, 2.24) is 20.4 Å². The third-order valence-electron chi connectivity index (χ3n) is 4.41. The minimum Gasteiger partial charge on any atom is -0.461 e. The van der Waals surface area contributed by atoms with Gasteiger partial charge in [0.25, 0.3) is 11.6 Å². The highest BCUT2D eigenvalue weighted by molar-refractivity contribution is 6.07. The molecule has 1 fully saturated rings. The predicted molar refractivity (Wildman–Crippen MR) is 91.5 cm³/mol. The topological polar surface area (TPSA) is 145 Å². The fourth-order valence-electron chi connectivity index (χ4n) is 2.93. The number of benzene rings is 1. The van der Waals surface area contributed by atoms with Crippen molar-refractivity contribution in [3.63, 3.8) is 0 Å². The Kier molecular flexibility index (Phi) is 3.91. The highest BCUT2D eigenvalue weighted by Crippen LogP contribution is 2.31. The highest BCUT2D eigenvalue weighted by atomic mass is 16.6. The minimum absolute atomic E-state index is 0.0400. The van der Waals surface area contributed by atoms with Gasteiger partial charge in [0.05, 0.1) is 11.2 Å². The fraction of sp³-hybridized carbons (Fsp3) is 0.176. The van der Waals surface area contributed by atoms with E-state index in [1.165, 1.54) is 37.5 Å². The van der Waals surface area contributed by atoms with E-state index in [4.69, 9.17) is 8.94 Å². The van der Waals surface area contributed by atoms with Crippen LogP contribution in [-0.4, -0.2) is 31.9 Å². The summed E-state index contributed by atoms with van der Waals surface area (Å²) >= 11 is 0. The number of urea groups is 1. The Morgan fingerprint density at radius 3 is 2.82 bits per heavy atom. The normalized spacial score (nSPS) is 19.1. The van der Waals surface area contributed by atoms with Crippen molar-refractivity contribution in [3.8, 4) is 11.6 Å². The van der Waals surface area contributed by atoms with E-state index in [9.17, 15) is 19.7 Å². The van der Waals surface area contributed by atoms with Gasteiger partial charge in [0.15, 0.2) is 5.76 Å². The molecule has 0 saturated carbocycles. The molecule has 1 atom stereocenters. The number of nitrogens with zero attached hydrogens (tertiary/aromatic N) is 4. The first-order valence-corrected chi connectivity index (χ1v) is 8.14. The smallest absolute Gasteiger partial charge is 0.325 e. The van der Waals surface area contributed by atoms with Crippen LogP contribution in [0.3, 0.4) is 0 Å². The molecule has 28 heavy (non-hydrogen) atoms. The second kappa shape index (κ2) is 6.30. The van der Waals surface area contributed by atoms with Gasteiger partial charge >= 0.3 is 6.03 Å². The SMILES string of the molecule is CC1(c2cccc([N+](=O)[O-])c2)NC(=O)N(Cc2nc(-c3ccco3)no2)C1=O. The molecule has 2 aromatic heterocycles. The summed E-state index contributed by atoms with van der Waals surface area (Å²) in [5, 5.41) is 17.3. The number of non-ortho nitro benzene ring substituents is 1. The third kappa shape index (κ3) is 2.78. The van der Waals surface area contributed by atoms with Gasteiger partial charge in [-0.2, -0.15) is 4.98 Å². The molecule has 0 radical (unpaired) electrons. The van der Waals surface area contributed by atoms with Crippen molar-refractivity contribution in [1.29, 1.82) is 0 Å². The molecule has 4 rings (SSSR count). The van der Waals surface area contributed by atoms with Gasteiger partial charge in [-0.15, -0.1) is 0 Å². The quantitative estimate of drug-likeness (QED) is 0.401. The molecule has 0 bridgehead atoms. The van der Waals surface area contributed by atoms with E-state index in [0.29, 0.717) is 11.3 Å². The lowest BCUT2D eigenvalue weighted by atomic mass is 9.91. The van der Waals surface area contributed by atoms with E-state index >= 15 is 0 Å². The number of nitrogens with one attached hydrogen (secondary N) is 1. The van der Waals surface area contributed by atoms with E-state index in [-0.39, 0.29) is 23.9 Å². The maximum atomic E-state index is 12.9. The van der Waals surface area contributed by atoms with Gasteiger partial charge in [0.1, 0.15) is 12.1 Å². The van der Waals surface area contributed by atoms with Gasteiger partial charge in [-0.1, -0.05) is 17.3 Å². The van der Waals surface area contributed by atoms with Crippen molar-refractivity contribution < 1.29 is 23.5 Å². The molecular weight excluding hydrogens is 370 g/mol. The summed E-state index contributed by atoms with van der Waals surface area (Å²) in [6.07, 6.45) is 1.45. The van der Waals surface area contributed by atoms with Crippen LogP contribution in [0.25, 0.3) is 11.6 Å². The van der Waals surface area contributed by atoms with E-state index in [1.54, 1.807) is 12.1 Å². The highest BCUT2D eigenvalue weighted by Gasteiger charge is 2.49. The van der Waals surface area contributed by atoms with Crippen molar-refractivity contribution in [2.45, 2.75) is 19.0 Å². The largest absolute Gasteiger partial charge is 0.461 e. The summed E-state index contributed by atoms with van der Waals surface area (Å²) in [5.74, 6) is 0.0241. The van der Waals surface area contributed by atoms with Gasteiger partial charge in [-0.25, -0.2) is 4.79 Å². The van der Waals surface area contributed by atoms with Crippen LogP contribution in [-0.2, 0) is 16.9 Å². The van der Waals surface area contributed by atoms with E-state index in [2.05, 4.69) is 15.5 Å². The number of carbonyl (C=O) groups excluding carboxylic acids is 2. The van der Waals surface area contributed by atoms with Crippen LogP contribution in [0.1, 0.15) is 18.4 Å². The number of amides is 3. The van der Waals surface area contributed by atoms with Gasteiger partial charge in [0, 0.05) is 12.1 Å². The number of hydrogen-bond acceptors (Lipinski definition) is 8. The van der Waals surface area contributed by atoms with Crippen molar-refractivity contribution in [3.05, 3.63) is 64.2 Å². The Morgan fingerprint density at radius 2 is 2.11 bits per heavy atom. The Hall–Kier alpha value is -4.02. The second-order valence-electron chi connectivity index (χ2n) is 6.24. The van der Waals surface area contributed by atoms with Gasteiger partial charge in [-0.3, -0.25) is 19.8 Å². The van der Waals surface area contributed by atoms with E-state index in [0.717, 1.165) is 4.90 Å². The van der Waals surface area contributed by atoms with Gasteiger partial charge < -0.3 is 14.3 Å². The molecule has 0 aliphatic carbocycles. The number of rotatable bonds is 5. The zero-order valence-electron chi connectivity index (χ0n) is 14.5. The number of aromatic nitrogens is 2. The first-order valence-electron chi connectivity index (χ1n) is 8.14. The molecule has 1 aliphatic heterocycles. The fourth-order valence-corrected chi connectivity index (χ4v) is 2.93. The summed E-state index contributed by atoms with van der Waals surface area (Å²) in [4.78, 5) is 40.8. The Bertz CT molecular complexity index is 1080. The molecular formula is C17H13N5O6. The molecule has 142 valence electrons. The molecule has 11 heteroatoms. The molecule has 3 amide bonds. The first-order chi connectivity index (χ1) is 13.4. The average molecular weight is 383 g/mol. The van der Waals surface area contributed by atoms with E-state index in [1.807, 2.05) is 0 Å². The predicted octanol–water partition coefficient (Wildman–Crippen LogP) is 2.21. The summed E-state index contributed by atoms with van der Waals surface area (Å²) in [7, 11) is 0. The zero-order valence-corrected chi connectivity index (χ0v) is 14.5.